The Balaban J connectivity index is 1.64. The molecule has 0 aromatic carbocycles. The minimum absolute atomic E-state index is 0.265. The molecule has 2 aromatic heterocycles. The van der Waals surface area contributed by atoms with E-state index in [4.69, 9.17) is 0 Å². The summed E-state index contributed by atoms with van der Waals surface area (Å²) in [4.78, 5) is 9.56. The highest BCUT2D eigenvalue weighted by Crippen LogP contribution is 2.18. The van der Waals surface area contributed by atoms with E-state index in [0.29, 0.717) is 6.04 Å². The lowest BCUT2D eigenvalue weighted by molar-refractivity contribution is 0.0516. The molecule has 0 amide bonds. The zero-order chi connectivity index (χ0) is 18.4. The van der Waals surface area contributed by atoms with Gasteiger partial charge in [0, 0.05) is 56.9 Å². The molecule has 1 N–H and O–H groups in total. The molecule has 0 bridgehead atoms. The van der Waals surface area contributed by atoms with Crippen molar-refractivity contribution in [3.8, 4) is 5.82 Å². The summed E-state index contributed by atoms with van der Waals surface area (Å²) in [6, 6.07) is 10.7. The van der Waals surface area contributed by atoms with Crippen molar-refractivity contribution < 1.29 is 5.11 Å². The van der Waals surface area contributed by atoms with Crippen molar-refractivity contribution in [2.45, 2.75) is 39.3 Å². The highest BCUT2D eigenvalue weighted by atomic mass is 16.3. The summed E-state index contributed by atoms with van der Waals surface area (Å²) < 4.78 is 2.17. The second kappa shape index (κ2) is 9.31. The number of aliphatic hydroxyl groups is 1. The average Bonchev–Trinajstić information content (AvgIpc) is 3.10. The smallest absolute Gasteiger partial charge is 0.136 e. The molecule has 5 nitrogen and oxygen atoms in total. The van der Waals surface area contributed by atoms with Crippen LogP contribution in [0, 0.1) is 5.92 Å². The second-order valence-electron chi connectivity index (χ2n) is 7.68. The summed E-state index contributed by atoms with van der Waals surface area (Å²) in [6.45, 7) is 10.1. The number of hydrogen-bond donors (Lipinski definition) is 1. The molecule has 1 atom stereocenters. The summed E-state index contributed by atoms with van der Waals surface area (Å²) >= 11 is 0. The van der Waals surface area contributed by atoms with Crippen LogP contribution in [0.1, 0.15) is 32.4 Å². The third-order valence-corrected chi connectivity index (χ3v) is 5.26. The van der Waals surface area contributed by atoms with Gasteiger partial charge in [0.2, 0.25) is 0 Å². The summed E-state index contributed by atoms with van der Waals surface area (Å²) in [5.74, 6) is 1.69. The van der Waals surface area contributed by atoms with Gasteiger partial charge >= 0.3 is 0 Å². The average molecular weight is 357 g/mol. The van der Waals surface area contributed by atoms with Gasteiger partial charge < -0.3 is 9.67 Å². The molecule has 1 aliphatic rings. The molecule has 0 spiro atoms. The van der Waals surface area contributed by atoms with Crippen LogP contribution in [0.15, 0.2) is 42.7 Å². The molecule has 0 aliphatic carbocycles. The number of hydrogen-bond acceptors (Lipinski definition) is 4. The van der Waals surface area contributed by atoms with Crippen molar-refractivity contribution in [1.29, 1.82) is 0 Å². The minimum atomic E-state index is 0.265. The number of nitrogens with zero attached hydrogens (tertiary/aromatic N) is 4. The Labute approximate surface area is 157 Å². The first kappa shape index (κ1) is 19.1. The summed E-state index contributed by atoms with van der Waals surface area (Å²) in [5.41, 5.74) is 1.27. The quantitative estimate of drug-likeness (QED) is 0.790. The summed E-state index contributed by atoms with van der Waals surface area (Å²) in [6.07, 6.45) is 6.01. The lowest BCUT2D eigenvalue weighted by atomic mass is 10.1. The molecule has 0 saturated carbocycles. The zero-order valence-corrected chi connectivity index (χ0v) is 16.1. The molecule has 1 saturated heterocycles. The molecule has 1 aliphatic heterocycles. The molecule has 1 fully saturated rings. The number of pyridine rings is 1. The Morgan fingerprint density at radius 1 is 1.19 bits per heavy atom. The van der Waals surface area contributed by atoms with Gasteiger partial charge in [-0.25, -0.2) is 4.98 Å². The molecule has 2 aromatic rings. The predicted molar refractivity (Wildman–Crippen MR) is 105 cm³/mol. The van der Waals surface area contributed by atoms with E-state index in [1.54, 1.807) is 0 Å². The monoisotopic (exact) mass is 356 g/mol. The zero-order valence-electron chi connectivity index (χ0n) is 16.1. The third-order valence-electron chi connectivity index (χ3n) is 5.26. The maximum Gasteiger partial charge on any atom is 0.136 e. The molecule has 3 rings (SSSR count). The van der Waals surface area contributed by atoms with Gasteiger partial charge in [-0.05, 0) is 49.6 Å². The normalized spacial score (nSPS) is 19.3. The van der Waals surface area contributed by atoms with Crippen molar-refractivity contribution in [2.75, 3.05) is 32.8 Å². The van der Waals surface area contributed by atoms with Gasteiger partial charge in [0.15, 0.2) is 0 Å². The van der Waals surface area contributed by atoms with Gasteiger partial charge in [0.05, 0.1) is 0 Å². The van der Waals surface area contributed by atoms with Gasteiger partial charge in [-0.1, -0.05) is 19.9 Å². The van der Waals surface area contributed by atoms with Crippen LogP contribution in [0.3, 0.4) is 0 Å². The van der Waals surface area contributed by atoms with Crippen LogP contribution >= 0.6 is 0 Å². The Bertz CT molecular complexity index is 655. The first-order valence-electron chi connectivity index (χ1n) is 9.82. The van der Waals surface area contributed by atoms with E-state index in [-0.39, 0.29) is 6.61 Å². The SMILES string of the molecule is CC(C)CCN1CCN(Cc2cccn2-c2ccccn2)C[C@@H]1CCO. The lowest BCUT2D eigenvalue weighted by Crippen LogP contribution is -2.53. The van der Waals surface area contributed by atoms with E-state index in [0.717, 1.165) is 50.9 Å². The summed E-state index contributed by atoms with van der Waals surface area (Å²) in [5, 5.41) is 9.49. The van der Waals surface area contributed by atoms with Gasteiger partial charge in [-0.2, -0.15) is 0 Å². The van der Waals surface area contributed by atoms with Crippen LogP contribution in [0.5, 0.6) is 0 Å². The lowest BCUT2D eigenvalue weighted by Gasteiger charge is -2.41. The van der Waals surface area contributed by atoms with Crippen LogP contribution < -0.4 is 0 Å². The van der Waals surface area contributed by atoms with Crippen LogP contribution in [0.4, 0.5) is 0 Å². The molecule has 3 heterocycles. The number of aromatic nitrogens is 2. The molecule has 0 radical (unpaired) electrons. The van der Waals surface area contributed by atoms with E-state index in [9.17, 15) is 5.11 Å². The number of aliphatic hydroxyl groups excluding tert-OH is 1. The second-order valence-corrected chi connectivity index (χ2v) is 7.68. The molecule has 5 heteroatoms. The summed E-state index contributed by atoms with van der Waals surface area (Å²) in [7, 11) is 0. The van der Waals surface area contributed by atoms with Crippen molar-refractivity contribution in [2.24, 2.45) is 5.92 Å². The highest BCUT2D eigenvalue weighted by molar-refractivity contribution is 5.27. The number of rotatable bonds is 8. The van der Waals surface area contributed by atoms with E-state index in [1.165, 1.54) is 12.1 Å². The highest BCUT2D eigenvalue weighted by Gasteiger charge is 2.26. The van der Waals surface area contributed by atoms with E-state index >= 15 is 0 Å². The largest absolute Gasteiger partial charge is 0.396 e. The van der Waals surface area contributed by atoms with Crippen LogP contribution in [0.25, 0.3) is 5.82 Å². The van der Waals surface area contributed by atoms with E-state index in [2.05, 4.69) is 51.5 Å². The van der Waals surface area contributed by atoms with Crippen molar-refractivity contribution in [3.05, 3.63) is 48.4 Å². The Morgan fingerprint density at radius 3 is 2.81 bits per heavy atom. The van der Waals surface area contributed by atoms with Crippen LogP contribution in [0.2, 0.25) is 0 Å². The molecule has 0 unspecified atom stereocenters. The molecular weight excluding hydrogens is 324 g/mol. The first-order chi connectivity index (χ1) is 12.7. The van der Waals surface area contributed by atoms with Gasteiger partial charge in [0.1, 0.15) is 5.82 Å². The van der Waals surface area contributed by atoms with Gasteiger partial charge in [0.25, 0.3) is 0 Å². The molecular formula is C21H32N4O. The maximum absolute atomic E-state index is 9.49. The van der Waals surface area contributed by atoms with Gasteiger partial charge in [-0.3, -0.25) is 9.80 Å². The van der Waals surface area contributed by atoms with E-state index < -0.39 is 0 Å². The Kier molecular flexibility index (Phi) is 6.83. The van der Waals surface area contributed by atoms with Crippen molar-refractivity contribution in [3.63, 3.8) is 0 Å². The molecule has 142 valence electrons. The van der Waals surface area contributed by atoms with E-state index in [1.807, 2.05) is 24.4 Å². The fourth-order valence-corrected chi connectivity index (χ4v) is 3.74. The Hall–Kier alpha value is -1.69. The van der Waals surface area contributed by atoms with Gasteiger partial charge in [-0.15, -0.1) is 0 Å². The Morgan fingerprint density at radius 2 is 2.08 bits per heavy atom. The maximum atomic E-state index is 9.49. The fourth-order valence-electron chi connectivity index (χ4n) is 3.74. The predicted octanol–water partition coefficient (Wildman–Crippen LogP) is 2.79. The first-order valence-corrected chi connectivity index (χ1v) is 9.82. The minimum Gasteiger partial charge on any atom is -0.396 e. The van der Waals surface area contributed by atoms with Crippen LogP contribution in [-0.4, -0.2) is 63.3 Å². The standard InChI is InChI=1S/C21H32N4O/c1-18(2)8-12-24-14-13-23(16-19(24)9-15-26)17-20-6-5-11-25(20)21-7-3-4-10-22-21/h3-7,10-11,18-19,26H,8-9,12-17H2,1-2H3/t19-/m0/s1. The topological polar surface area (TPSA) is 44.5 Å². The van der Waals surface area contributed by atoms with Crippen molar-refractivity contribution in [1.82, 2.24) is 19.4 Å². The number of piperazine rings is 1. The molecule has 26 heavy (non-hydrogen) atoms. The van der Waals surface area contributed by atoms with Crippen LogP contribution in [-0.2, 0) is 6.54 Å². The third kappa shape index (κ3) is 4.93. The fraction of sp³-hybridized carbons (Fsp3) is 0.571. The van der Waals surface area contributed by atoms with Crippen molar-refractivity contribution >= 4 is 0 Å².